The number of sulfone groups is 1. The number of aromatic nitrogens is 3. The molecule has 2 aliphatic rings. The molecule has 4 heterocycles. The van der Waals surface area contributed by atoms with Crippen molar-refractivity contribution in [3.8, 4) is 11.3 Å². The maximum atomic E-state index is 12.9. The largest absolute Gasteiger partial charge is 0.324 e. The summed E-state index contributed by atoms with van der Waals surface area (Å²) in [5, 5.41) is 6.23. The first kappa shape index (κ1) is 25.1. The molecule has 9 nitrogen and oxygen atoms in total. The normalized spacial score (nSPS) is 17.2. The van der Waals surface area contributed by atoms with Crippen molar-refractivity contribution in [2.45, 2.75) is 13.5 Å². The highest BCUT2D eigenvalue weighted by atomic mass is 32.2. The van der Waals surface area contributed by atoms with Crippen molar-refractivity contribution in [2.75, 3.05) is 35.2 Å². The first-order chi connectivity index (χ1) is 18.8. The Labute approximate surface area is 227 Å². The minimum Gasteiger partial charge on any atom is -0.324 e. The predicted octanol–water partition coefficient (Wildman–Crippen LogP) is 4.07. The van der Waals surface area contributed by atoms with Gasteiger partial charge >= 0.3 is 0 Å². The van der Waals surface area contributed by atoms with Crippen molar-refractivity contribution in [1.82, 2.24) is 19.9 Å². The number of benzene rings is 2. The highest BCUT2D eigenvalue weighted by Crippen LogP contribution is 2.42. The molecule has 1 spiro atoms. The summed E-state index contributed by atoms with van der Waals surface area (Å²) in [5.41, 5.74) is 5.73. The van der Waals surface area contributed by atoms with Crippen LogP contribution in [0.15, 0.2) is 79.3 Å². The van der Waals surface area contributed by atoms with Crippen LogP contribution in [0.25, 0.3) is 11.3 Å². The van der Waals surface area contributed by atoms with Gasteiger partial charge in [0.15, 0.2) is 9.84 Å². The van der Waals surface area contributed by atoms with Gasteiger partial charge < -0.3 is 10.6 Å². The smallest absolute Gasteiger partial charge is 0.255 e. The Balaban J connectivity index is 1.08. The van der Waals surface area contributed by atoms with E-state index >= 15 is 0 Å². The lowest BCUT2D eigenvalue weighted by Gasteiger charge is -2.55. The van der Waals surface area contributed by atoms with E-state index in [0.717, 1.165) is 47.7 Å². The quantitative estimate of drug-likeness (QED) is 0.360. The van der Waals surface area contributed by atoms with Crippen LogP contribution in [0.2, 0.25) is 0 Å². The monoisotopic (exact) mass is 540 g/mol. The first-order valence-corrected chi connectivity index (χ1v) is 14.5. The van der Waals surface area contributed by atoms with Gasteiger partial charge in [0.25, 0.3) is 5.91 Å². The van der Waals surface area contributed by atoms with Gasteiger partial charge in [0.2, 0.25) is 5.95 Å². The SMILES string of the molecule is Cc1ccc(NC(=O)c2ccc(CN3CC4(C3)CS(=O)(=O)C4)cc2)cc1Nc1nccc(-c2cccnc2)n1. The molecule has 1 amide bonds. The second-order valence-corrected chi connectivity index (χ2v) is 12.6. The molecule has 2 fully saturated rings. The Kier molecular flexibility index (Phi) is 6.36. The van der Waals surface area contributed by atoms with E-state index in [1.54, 1.807) is 18.6 Å². The molecule has 198 valence electrons. The topological polar surface area (TPSA) is 117 Å². The summed E-state index contributed by atoms with van der Waals surface area (Å²) in [6, 6.07) is 18.8. The average molecular weight is 541 g/mol. The Morgan fingerprint density at radius 2 is 1.82 bits per heavy atom. The molecule has 0 aliphatic carbocycles. The number of aryl methyl sites for hydroxylation is 1. The highest BCUT2D eigenvalue weighted by Gasteiger charge is 2.55. The zero-order valence-corrected chi connectivity index (χ0v) is 22.3. The lowest BCUT2D eigenvalue weighted by Crippen LogP contribution is -2.67. The van der Waals surface area contributed by atoms with E-state index in [1.807, 2.05) is 67.6 Å². The molecular formula is C29H28N6O3S. The Hall–Kier alpha value is -4.15. The van der Waals surface area contributed by atoms with Crippen LogP contribution >= 0.6 is 0 Å². The fourth-order valence-corrected chi connectivity index (χ4v) is 7.51. The maximum Gasteiger partial charge on any atom is 0.255 e. The number of pyridine rings is 1. The molecule has 2 aromatic heterocycles. The maximum absolute atomic E-state index is 12.9. The summed E-state index contributed by atoms with van der Waals surface area (Å²) in [4.78, 5) is 28.3. The van der Waals surface area contributed by atoms with E-state index < -0.39 is 9.84 Å². The van der Waals surface area contributed by atoms with Gasteiger partial charge in [-0.2, -0.15) is 0 Å². The number of carbonyl (C=O) groups excluding carboxylic acids is 1. The van der Waals surface area contributed by atoms with Crippen molar-refractivity contribution >= 4 is 33.1 Å². The lowest BCUT2D eigenvalue weighted by molar-refractivity contribution is 0.0180. The van der Waals surface area contributed by atoms with Crippen LogP contribution in [0.1, 0.15) is 21.5 Å². The fraction of sp³-hybridized carbons (Fsp3) is 0.241. The summed E-state index contributed by atoms with van der Waals surface area (Å²) in [6.07, 6.45) is 5.17. The van der Waals surface area contributed by atoms with Crippen LogP contribution in [-0.4, -0.2) is 58.8 Å². The fourth-order valence-electron chi connectivity index (χ4n) is 5.36. The van der Waals surface area contributed by atoms with Gasteiger partial charge in [-0.1, -0.05) is 18.2 Å². The van der Waals surface area contributed by atoms with Gasteiger partial charge in [-0.15, -0.1) is 0 Å². The van der Waals surface area contributed by atoms with E-state index in [-0.39, 0.29) is 11.3 Å². The zero-order valence-electron chi connectivity index (χ0n) is 21.5. The molecule has 0 radical (unpaired) electrons. The number of carbonyl (C=O) groups is 1. The lowest BCUT2D eigenvalue weighted by atomic mass is 9.82. The standard InChI is InChI=1S/C29H28N6O3S/c1-20-4-9-24(13-26(20)34-28-31-12-10-25(33-28)23-3-2-11-30-14-23)32-27(36)22-7-5-21(6-8-22)15-35-16-29(17-35)18-39(37,38)19-29/h2-14H,15-19H2,1H3,(H,32,36)(H,31,33,34). The Bertz CT molecular complexity index is 1620. The van der Waals surface area contributed by atoms with Crippen LogP contribution in [-0.2, 0) is 16.4 Å². The molecule has 4 aromatic rings. The van der Waals surface area contributed by atoms with E-state index in [2.05, 4.69) is 30.5 Å². The molecule has 39 heavy (non-hydrogen) atoms. The average Bonchev–Trinajstić information content (AvgIpc) is 2.89. The van der Waals surface area contributed by atoms with Crippen LogP contribution < -0.4 is 10.6 Å². The third-order valence-corrected chi connectivity index (χ3v) is 9.25. The Morgan fingerprint density at radius 3 is 2.54 bits per heavy atom. The summed E-state index contributed by atoms with van der Waals surface area (Å²) < 4.78 is 23.0. The molecular weight excluding hydrogens is 512 g/mol. The van der Waals surface area contributed by atoms with Gasteiger partial charge in [-0.05, 0) is 60.5 Å². The van der Waals surface area contributed by atoms with E-state index in [9.17, 15) is 13.2 Å². The van der Waals surface area contributed by atoms with Gasteiger partial charge in [-0.25, -0.2) is 18.4 Å². The van der Waals surface area contributed by atoms with Crippen molar-refractivity contribution in [3.05, 3.63) is 95.9 Å². The van der Waals surface area contributed by atoms with Crippen LogP contribution in [0.4, 0.5) is 17.3 Å². The third kappa shape index (κ3) is 5.52. The Morgan fingerprint density at radius 1 is 1.03 bits per heavy atom. The van der Waals surface area contributed by atoms with Crippen molar-refractivity contribution in [3.63, 3.8) is 0 Å². The zero-order chi connectivity index (χ0) is 27.0. The molecule has 2 aliphatic heterocycles. The van der Waals surface area contributed by atoms with Gasteiger partial charge in [0.05, 0.1) is 17.2 Å². The highest BCUT2D eigenvalue weighted by molar-refractivity contribution is 7.92. The van der Waals surface area contributed by atoms with Crippen molar-refractivity contribution in [2.24, 2.45) is 5.41 Å². The second-order valence-electron chi connectivity index (χ2n) is 10.5. The summed E-state index contributed by atoms with van der Waals surface area (Å²) >= 11 is 0. The summed E-state index contributed by atoms with van der Waals surface area (Å²) in [7, 11) is -2.80. The number of nitrogens with zero attached hydrogens (tertiary/aromatic N) is 4. The number of amides is 1. The summed E-state index contributed by atoms with van der Waals surface area (Å²) in [6.45, 7) is 4.36. The van der Waals surface area contributed by atoms with E-state index in [4.69, 9.17) is 0 Å². The summed E-state index contributed by atoms with van der Waals surface area (Å²) in [5.74, 6) is 0.882. The van der Waals surface area contributed by atoms with Crippen molar-refractivity contribution < 1.29 is 13.2 Å². The number of hydrogen-bond acceptors (Lipinski definition) is 8. The molecule has 2 N–H and O–H groups in total. The third-order valence-electron chi connectivity index (χ3n) is 7.15. The van der Waals surface area contributed by atoms with Gasteiger partial charge in [0.1, 0.15) is 0 Å². The molecule has 0 bridgehead atoms. The van der Waals surface area contributed by atoms with Gasteiger partial charge in [-0.3, -0.25) is 14.7 Å². The van der Waals surface area contributed by atoms with Crippen LogP contribution in [0.3, 0.4) is 0 Å². The molecule has 2 saturated heterocycles. The number of rotatable bonds is 7. The minimum atomic E-state index is -2.80. The van der Waals surface area contributed by atoms with E-state index in [0.29, 0.717) is 28.7 Å². The molecule has 10 heteroatoms. The molecule has 6 rings (SSSR count). The molecule has 0 saturated carbocycles. The predicted molar refractivity (Wildman–Crippen MR) is 150 cm³/mol. The number of likely N-dealkylation sites (tertiary alicyclic amines) is 1. The van der Waals surface area contributed by atoms with Crippen molar-refractivity contribution in [1.29, 1.82) is 0 Å². The molecule has 0 unspecified atom stereocenters. The van der Waals surface area contributed by atoms with E-state index in [1.165, 1.54) is 0 Å². The number of anilines is 3. The minimum absolute atomic E-state index is 0.0191. The van der Waals surface area contributed by atoms with Crippen LogP contribution in [0.5, 0.6) is 0 Å². The van der Waals surface area contributed by atoms with Gasteiger partial charge in [0, 0.05) is 66.1 Å². The molecule has 0 atom stereocenters. The molecule has 2 aromatic carbocycles. The number of nitrogens with one attached hydrogen (secondary N) is 2. The van der Waals surface area contributed by atoms with Crippen LogP contribution in [0, 0.1) is 12.3 Å². The number of hydrogen-bond donors (Lipinski definition) is 2. The first-order valence-electron chi connectivity index (χ1n) is 12.7. The second kappa shape index (κ2) is 9.87.